The Morgan fingerprint density at radius 2 is 2.05 bits per heavy atom. The summed E-state index contributed by atoms with van der Waals surface area (Å²) in [6, 6.07) is 7.87. The van der Waals surface area contributed by atoms with Gasteiger partial charge in [0.25, 0.3) is 0 Å². The van der Waals surface area contributed by atoms with Gasteiger partial charge >= 0.3 is 6.18 Å². The molecule has 0 amide bonds. The number of rotatable bonds is 5. The molecule has 1 heterocycles. The molecule has 1 atom stereocenters. The summed E-state index contributed by atoms with van der Waals surface area (Å²) in [4.78, 5) is 3.10. The fourth-order valence-electron chi connectivity index (χ4n) is 2.11. The molecule has 0 fully saturated rings. The lowest BCUT2D eigenvalue weighted by Gasteiger charge is -2.15. The lowest BCUT2D eigenvalue weighted by molar-refractivity contribution is -0.135. The summed E-state index contributed by atoms with van der Waals surface area (Å²) in [7, 11) is 0. The third-order valence-electron chi connectivity index (χ3n) is 3.06. The van der Waals surface area contributed by atoms with Gasteiger partial charge in [0.1, 0.15) is 0 Å². The third-order valence-corrected chi connectivity index (χ3v) is 3.06. The van der Waals surface area contributed by atoms with E-state index in [4.69, 9.17) is 0 Å². The van der Waals surface area contributed by atoms with E-state index in [1.54, 1.807) is 0 Å². The van der Waals surface area contributed by atoms with Gasteiger partial charge in [0.15, 0.2) is 0 Å². The Labute approximate surface area is 110 Å². The van der Waals surface area contributed by atoms with E-state index in [0.29, 0.717) is 6.42 Å². The Balaban J connectivity index is 1.86. The molecular weight excluding hydrogens is 253 g/mol. The molecule has 2 aromatic rings. The Bertz CT molecular complexity index is 531. The van der Waals surface area contributed by atoms with Crippen molar-refractivity contribution in [3.05, 3.63) is 30.5 Å². The topological polar surface area (TPSA) is 27.8 Å². The van der Waals surface area contributed by atoms with Crippen LogP contribution in [0.2, 0.25) is 0 Å². The highest BCUT2D eigenvalue weighted by molar-refractivity contribution is 5.82. The molecule has 2 nitrogen and oxygen atoms in total. The smallest absolute Gasteiger partial charge is 0.383 e. The summed E-state index contributed by atoms with van der Waals surface area (Å²) < 4.78 is 36.1. The zero-order valence-corrected chi connectivity index (χ0v) is 10.7. The minimum absolute atomic E-state index is 0.0266. The average molecular weight is 270 g/mol. The van der Waals surface area contributed by atoms with Gasteiger partial charge in [-0.1, -0.05) is 0 Å². The van der Waals surface area contributed by atoms with Crippen LogP contribution in [-0.2, 0) is 0 Å². The molecular formula is C14H17F3N2. The van der Waals surface area contributed by atoms with Gasteiger partial charge in [0.2, 0.25) is 0 Å². The average Bonchev–Trinajstić information content (AvgIpc) is 2.74. The van der Waals surface area contributed by atoms with E-state index < -0.39 is 12.6 Å². The van der Waals surface area contributed by atoms with Crippen molar-refractivity contribution in [2.75, 3.05) is 5.32 Å². The van der Waals surface area contributed by atoms with Crippen molar-refractivity contribution < 1.29 is 13.2 Å². The second-order valence-electron chi connectivity index (χ2n) is 4.83. The van der Waals surface area contributed by atoms with Crippen LogP contribution in [0.1, 0.15) is 26.2 Å². The first-order valence-corrected chi connectivity index (χ1v) is 6.34. The molecule has 1 aromatic carbocycles. The second-order valence-corrected chi connectivity index (χ2v) is 4.83. The monoisotopic (exact) mass is 270 g/mol. The number of hydrogen-bond acceptors (Lipinski definition) is 1. The van der Waals surface area contributed by atoms with Crippen molar-refractivity contribution in [2.24, 2.45) is 0 Å². The SMILES string of the molecule is CC(CCCC(F)(F)F)Nc1ccc2[nH]ccc2c1. The molecule has 2 rings (SSSR count). The number of anilines is 1. The molecule has 0 saturated carbocycles. The highest BCUT2D eigenvalue weighted by Gasteiger charge is 2.26. The van der Waals surface area contributed by atoms with E-state index >= 15 is 0 Å². The fraction of sp³-hybridized carbons (Fsp3) is 0.429. The van der Waals surface area contributed by atoms with Crippen LogP contribution in [0.4, 0.5) is 18.9 Å². The highest BCUT2D eigenvalue weighted by Crippen LogP contribution is 2.24. The van der Waals surface area contributed by atoms with E-state index in [9.17, 15) is 13.2 Å². The standard InChI is InChI=1S/C14H17F3N2/c1-10(3-2-7-14(15,16)17)19-12-4-5-13-11(9-12)6-8-18-13/h4-6,8-10,18-19H,2-3,7H2,1H3. The highest BCUT2D eigenvalue weighted by atomic mass is 19.4. The molecule has 0 spiro atoms. The third kappa shape index (κ3) is 4.19. The molecule has 0 aliphatic carbocycles. The molecule has 19 heavy (non-hydrogen) atoms. The van der Waals surface area contributed by atoms with Crippen molar-refractivity contribution in [1.82, 2.24) is 4.98 Å². The van der Waals surface area contributed by atoms with Crippen LogP contribution < -0.4 is 5.32 Å². The Kier molecular flexibility index (Phi) is 4.02. The van der Waals surface area contributed by atoms with Gasteiger partial charge in [0, 0.05) is 35.2 Å². The molecule has 0 aliphatic heterocycles. The number of nitrogens with one attached hydrogen (secondary N) is 2. The molecule has 0 aliphatic rings. The predicted molar refractivity (Wildman–Crippen MR) is 71.3 cm³/mol. The maximum Gasteiger partial charge on any atom is 0.389 e. The maximum atomic E-state index is 12.0. The van der Waals surface area contributed by atoms with Crippen LogP contribution >= 0.6 is 0 Å². The minimum atomic E-state index is -4.05. The predicted octanol–water partition coefficient (Wildman–Crippen LogP) is 4.70. The molecule has 2 N–H and O–H groups in total. The van der Waals surface area contributed by atoms with Gasteiger partial charge in [-0.05, 0) is 44.0 Å². The second kappa shape index (κ2) is 5.55. The lowest BCUT2D eigenvalue weighted by Crippen LogP contribution is -2.16. The number of hydrogen-bond donors (Lipinski definition) is 2. The van der Waals surface area contributed by atoms with Crippen LogP contribution in [0.3, 0.4) is 0 Å². The van der Waals surface area contributed by atoms with Gasteiger partial charge in [-0.25, -0.2) is 0 Å². The lowest BCUT2D eigenvalue weighted by atomic mass is 10.1. The summed E-state index contributed by atoms with van der Waals surface area (Å²) in [6.07, 6.45) is -2.24. The summed E-state index contributed by atoms with van der Waals surface area (Å²) in [6.45, 7) is 1.90. The largest absolute Gasteiger partial charge is 0.389 e. The van der Waals surface area contributed by atoms with Gasteiger partial charge in [-0.15, -0.1) is 0 Å². The quantitative estimate of drug-likeness (QED) is 0.809. The molecule has 0 saturated heterocycles. The van der Waals surface area contributed by atoms with E-state index in [1.165, 1.54) is 0 Å². The van der Waals surface area contributed by atoms with Crippen molar-refractivity contribution in [1.29, 1.82) is 0 Å². The normalized spacial score (nSPS) is 13.7. The molecule has 5 heteroatoms. The zero-order chi connectivity index (χ0) is 13.9. The van der Waals surface area contributed by atoms with E-state index in [-0.39, 0.29) is 12.5 Å². The molecule has 1 unspecified atom stereocenters. The van der Waals surface area contributed by atoms with Crippen molar-refractivity contribution in [3.8, 4) is 0 Å². The van der Waals surface area contributed by atoms with Gasteiger partial charge in [-0.3, -0.25) is 0 Å². The Hall–Kier alpha value is -1.65. The number of aromatic amines is 1. The molecule has 0 radical (unpaired) electrons. The number of alkyl halides is 3. The Morgan fingerprint density at radius 1 is 1.26 bits per heavy atom. The van der Waals surface area contributed by atoms with E-state index in [1.807, 2.05) is 37.4 Å². The first-order chi connectivity index (χ1) is 8.94. The van der Waals surface area contributed by atoms with Gasteiger partial charge < -0.3 is 10.3 Å². The van der Waals surface area contributed by atoms with Crippen molar-refractivity contribution >= 4 is 16.6 Å². The fourth-order valence-corrected chi connectivity index (χ4v) is 2.11. The van der Waals surface area contributed by atoms with E-state index in [2.05, 4.69) is 10.3 Å². The van der Waals surface area contributed by atoms with Gasteiger partial charge in [-0.2, -0.15) is 13.2 Å². The number of H-pyrrole nitrogens is 1. The number of halogens is 3. The van der Waals surface area contributed by atoms with Crippen LogP contribution in [0.25, 0.3) is 10.9 Å². The summed E-state index contributed by atoms with van der Waals surface area (Å²) in [5.74, 6) is 0. The van der Waals surface area contributed by atoms with Gasteiger partial charge in [0.05, 0.1) is 0 Å². The summed E-state index contributed by atoms with van der Waals surface area (Å²) >= 11 is 0. The minimum Gasteiger partial charge on any atom is -0.383 e. The maximum absolute atomic E-state index is 12.0. The van der Waals surface area contributed by atoms with Crippen LogP contribution in [0.5, 0.6) is 0 Å². The van der Waals surface area contributed by atoms with E-state index in [0.717, 1.165) is 16.6 Å². The summed E-state index contributed by atoms with van der Waals surface area (Å²) in [5.41, 5.74) is 1.99. The van der Waals surface area contributed by atoms with Crippen LogP contribution in [0.15, 0.2) is 30.5 Å². The molecule has 1 aromatic heterocycles. The number of benzene rings is 1. The van der Waals surface area contributed by atoms with Crippen molar-refractivity contribution in [2.45, 2.75) is 38.4 Å². The van der Waals surface area contributed by atoms with Crippen molar-refractivity contribution in [3.63, 3.8) is 0 Å². The first kappa shape index (κ1) is 13.8. The molecule has 104 valence electrons. The summed E-state index contributed by atoms with van der Waals surface area (Å²) in [5, 5.41) is 4.32. The first-order valence-electron chi connectivity index (χ1n) is 6.34. The number of fused-ring (bicyclic) bond motifs is 1. The Morgan fingerprint density at radius 3 is 2.79 bits per heavy atom. The number of aromatic nitrogens is 1. The van der Waals surface area contributed by atoms with Crippen LogP contribution in [0, 0.1) is 0 Å². The molecule has 0 bridgehead atoms. The zero-order valence-electron chi connectivity index (χ0n) is 10.7. The van der Waals surface area contributed by atoms with Crippen LogP contribution in [-0.4, -0.2) is 17.2 Å².